The average molecular weight is 441 g/mol. The maximum Gasteiger partial charge on any atom is 0.251 e. The van der Waals surface area contributed by atoms with Crippen LogP contribution in [0.15, 0.2) is 36.4 Å². The van der Waals surface area contributed by atoms with Crippen LogP contribution in [0.4, 0.5) is 5.13 Å². The Hall–Kier alpha value is -2.84. The van der Waals surface area contributed by atoms with Crippen LogP contribution in [0.25, 0.3) is 10.2 Å². The number of nitrogens with zero attached hydrogens (tertiary/aromatic N) is 3. The van der Waals surface area contributed by atoms with E-state index in [1.807, 2.05) is 43.3 Å². The summed E-state index contributed by atoms with van der Waals surface area (Å²) in [5.74, 6) is 1.57. The van der Waals surface area contributed by atoms with Crippen molar-refractivity contribution in [3.05, 3.63) is 47.5 Å². The molecule has 0 unspecified atom stereocenters. The SMILES string of the molecule is COc1ccc(OC)c2sc(N3CCN(CCNC(=O)c4cccc(C)c4)CC3)nc12. The molecule has 1 fully saturated rings. The molecule has 3 aromatic rings. The van der Waals surface area contributed by atoms with Gasteiger partial charge in [-0.05, 0) is 31.2 Å². The molecular formula is C23H28N4O3S. The van der Waals surface area contributed by atoms with E-state index in [9.17, 15) is 4.79 Å². The van der Waals surface area contributed by atoms with Crippen LogP contribution in [0.5, 0.6) is 11.5 Å². The second-order valence-corrected chi connectivity index (χ2v) is 8.58. The van der Waals surface area contributed by atoms with Crippen molar-refractivity contribution in [3.8, 4) is 11.5 Å². The minimum atomic E-state index is -0.0142. The third-order valence-electron chi connectivity index (χ3n) is 5.54. The number of nitrogens with one attached hydrogen (secondary N) is 1. The van der Waals surface area contributed by atoms with E-state index < -0.39 is 0 Å². The number of aryl methyl sites for hydroxylation is 1. The highest BCUT2D eigenvalue weighted by Crippen LogP contribution is 2.40. The first-order chi connectivity index (χ1) is 15.1. The van der Waals surface area contributed by atoms with Gasteiger partial charge in [-0.1, -0.05) is 29.0 Å². The number of aromatic nitrogens is 1. The molecule has 1 aliphatic heterocycles. The van der Waals surface area contributed by atoms with Gasteiger partial charge in [-0.15, -0.1) is 0 Å². The first-order valence-electron chi connectivity index (χ1n) is 10.4. The highest BCUT2D eigenvalue weighted by Gasteiger charge is 2.22. The fourth-order valence-corrected chi connectivity index (χ4v) is 4.91. The Morgan fingerprint density at radius 3 is 2.55 bits per heavy atom. The zero-order valence-corrected chi connectivity index (χ0v) is 19.0. The molecule has 0 aliphatic carbocycles. The minimum absolute atomic E-state index is 0.0142. The fraction of sp³-hybridized carbons (Fsp3) is 0.391. The van der Waals surface area contributed by atoms with Gasteiger partial charge in [-0.2, -0.15) is 0 Å². The molecule has 0 spiro atoms. The van der Waals surface area contributed by atoms with Gasteiger partial charge in [0, 0.05) is 44.8 Å². The number of methoxy groups -OCH3 is 2. The van der Waals surface area contributed by atoms with E-state index in [0.717, 1.165) is 65.1 Å². The lowest BCUT2D eigenvalue weighted by Crippen LogP contribution is -2.48. The standard InChI is InChI=1S/C23H28N4O3S/c1-16-5-4-6-17(15-16)22(28)24-9-10-26-11-13-27(14-12-26)23-25-20-18(29-2)7-8-19(30-3)21(20)31-23/h4-8,15H,9-14H2,1-3H3,(H,24,28). The summed E-state index contributed by atoms with van der Waals surface area (Å²) in [4.78, 5) is 21.8. The number of hydrogen-bond acceptors (Lipinski definition) is 7. The van der Waals surface area contributed by atoms with Gasteiger partial charge in [0.15, 0.2) is 5.13 Å². The van der Waals surface area contributed by atoms with Gasteiger partial charge in [-0.3, -0.25) is 9.69 Å². The van der Waals surface area contributed by atoms with Crippen LogP contribution >= 0.6 is 11.3 Å². The number of benzene rings is 2. The summed E-state index contributed by atoms with van der Waals surface area (Å²) >= 11 is 1.64. The number of fused-ring (bicyclic) bond motifs is 1. The molecular weight excluding hydrogens is 412 g/mol. The summed E-state index contributed by atoms with van der Waals surface area (Å²) in [7, 11) is 3.34. The topological polar surface area (TPSA) is 66.9 Å². The van der Waals surface area contributed by atoms with Crippen molar-refractivity contribution in [2.75, 3.05) is 58.4 Å². The second kappa shape index (κ2) is 9.53. The zero-order chi connectivity index (χ0) is 21.8. The van der Waals surface area contributed by atoms with E-state index in [1.165, 1.54) is 0 Å². The highest BCUT2D eigenvalue weighted by atomic mass is 32.1. The molecule has 1 saturated heterocycles. The molecule has 1 aliphatic rings. The molecule has 0 atom stereocenters. The number of hydrogen-bond donors (Lipinski definition) is 1. The van der Waals surface area contributed by atoms with E-state index in [0.29, 0.717) is 12.1 Å². The third-order valence-corrected chi connectivity index (χ3v) is 6.67. The number of anilines is 1. The first kappa shape index (κ1) is 21.4. The van der Waals surface area contributed by atoms with Crippen molar-refractivity contribution in [2.24, 2.45) is 0 Å². The van der Waals surface area contributed by atoms with Gasteiger partial charge >= 0.3 is 0 Å². The number of amides is 1. The zero-order valence-electron chi connectivity index (χ0n) is 18.2. The highest BCUT2D eigenvalue weighted by molar-refractivity contribution is 7.22. The van der Waals surface area contributed by atoms with Crippen molar-refractivity contribution in [1.29, 1.82) is 0 Å². The Kier molecular flexibility index (Phi) is 6.58. The van der Waals surface area contributed by atoms with E-state index >= 15 is 0 Å². The molecule has 2 aromatic carbocycles. The molecule has 0 radical (unpaired) electrons. The maximum atomic E-state index is 12.3. The first-order valence-corrected chi connectivity index (χ1v) is 11.2. The molecule has 0 bridgehead atoms. The molecule has 2 heterocycles. The van der Waals surface area contributed by atoms with Gasteiger partial charge in [0.05, 0.1) is 14.2 Å². The lowest BCUT2D eigenvalue weighted by Gasteiger charge is -2.34. The summed E-state index contributed by atoms with van der Waals surface area (Å²) in [5, 5.41) is 4.02. The smallest absolute Gasteiger partial charge is 0.251 e. The minimum Gasteiger partial charge on any atom is -0.495 e. The van der Waals surface area contributed by atoms with E-state index in [-0.39, 0.29) is 5.91 Å². The van der Waals surface area contributed by atoms with Gasteiger partial charge < -0.3 is 19.7 Å². The number of piperazine rings is 1. The maximum absolute atomic E-state index is 12.3. The summed E-state index contributed by atoms with van der Waals surface area (Å²) < 4.78 is 12.0. The Morgan fingerprint density at radius 2 is 1.84 bits per heavy atom. The molecule has 7 nitrogen and oxygen atoms in total. The molecule has 0 saturated carbocycles. The van der Waals surface area contributed by atoms with Crippen molar-refractivity contribution < 1.29 is 14.3 Å². The molecule has 1 N–H and O–H groups in total. The lowest BCUT2D eigenvalue weighted by molar-refractivity contribution is 0.0947. The second-order valence-electron chi connectivity index (χ2n) is 7.60. The molecule has 1 aromatic heterocycles. The molecule has 1 amide bonds. The number of rotatable bonds is 7. The van der Waals surface area contributed by atoms with Gasteiger partial charge in [-0.25, -0.2) is 4.98 Å². The molecule has 8 heteroatoms. The number of carbonyl (C=O) groups excluding carboxylic acids is 1. The van der Waals surface area contributed by atoms with E-state index in [2.05, 4.69) is 15.1 Å². The van der Waals surface area contributed by atoms with E-state index in [4.69, 9.17) is 14.5 Å². The predicted molar refractivity (Wildman–Crippen MR) is 125 cm³/mol. The molecule has 31 heavy (non-hydrogen) atoms. The van der Waals surface area contributed by atoms with Crippen LogP contribution in [0.2, 0.25) is 0 Å². The quantitative estimate of drug-likeness (QED) is 0.609. The average Bonchev–Trinajstić information content (AvgIpc) is 3.24. The van der Waals surface area contributed by atoms with Crippen LogP contribution in [0.3, 0.4) is 0 Å². The Bertz CT molecular complexity index is 1020. The van der Waals surface area contributed by atoms with Crippen molar-refractivity contribution in [2.45, 2.75) is 6.92 Å². The monoisotopic (exact) mass is 440 g/mol. The van der Waals surface area contributed by atoms with Gasteiger partial charge in [0.1, 0.15) is 21.7 Å². The largest absolute Gasteiger partial charge is 0.495 e. The number of thiazole rings is 1. The Morgan fingerprint density at radius 1 is 1.10 bits per heavy atom. The van der Waals surface area contributed by atoms with Crippen LogP contribution in [0.1, 0.15) is 15.9 Å². The Balaban J connectivity index is 1.31. The third kappa shape index (κ3) is 4.75. The summed E-state index contributed by atoms with van der Waals surface area (Å²) in [5.41, 5.74) is 2.66. The predicted octanol–water partition coefficient (Wildman–Crippen LogP) is 3.17. The van der Waals surface area contributed by atoms with Gasteiger partial charge in [0.2, 0.25) is 0 Å². The van der Waals surface area contributed by atoms with Crippen LogP contribution in [-0.2, 0) is 0 Å². The van der Waals surface area contributed by atoms with Crippen molar-refractivity contribution >= 4 is 32.6 Å². The van der Waals surface area contributed by atoms with E-state index in [1.54, 1.807) is 25.6 Å². The van der Waals surface area contributed by atoms with Crippen molar-refractivity contribution in [1.82, 2.24) is 15.2 Å². The summed E-state index contributed by atoms with van der Waals surface area (Å²) in [6.07, 6.45) is 0. The van der Waals surface area contributed by atoms with Crippen LogP contribution in [0, 0.1) is 6.92 Å². The van der Waals surface area contributed by atoms with Crippen molar-refractivity contribution in [3.63, 3.8) is 0 Å². The Labute approximate surface area is 186 Å². The number of carbonyl (C=O) groups is 1. The summed E-state index contributed by atoms with van der Waals surface area (Å²) in [6.45, 7) is 7.14. The molecule has 164 valence electrons. The van der Waals surface area contributed by atoms with Crippen LogP contribution < -0.4 is 19.7 Å². The lowest BCUT2D eigenvalue weighted by atomic mass is 10.1. The number of ether oxygens (including phenoxy) is 2. The normalized spacial score (nSPS) is 14.6. The summed E-state index contributed by atoms with van der Waals surface area (Å²) in [6, 6.07) is 11.5. The van der Waals surface area contributed by atoms with Crippen LogP contribution in [-0.4, -0.2) is 69.3 Å². The van der Waals surface area contributed by atoms with Gasteiger partial charge in [0.25, 0.3) is 5.91 Å². The molecule has 4 rings (SSSR count). The fourth-order valence-electron chi connectivity index (χ4n) is 3.79.